The van der Waals surface area contributed by atoms with Crippen LogP contribution in [0.25, 0.3) is 0 Å². The fourth-order valence-electron chi connectivity index (χ4n) is 7.50. The van der Waals surface area contributed by atoms with Gasteiger partial charge in [-0.05, 0) is 51.9 Å². The van der Waals surface area contributed by atoms with Crippen LogP contribution in [0.1, 0.15) is 60.3 Å². The summed E-state index contributed by atoms with van der Waals surface area (Å²) in [5.41, 5.74) is 0.383. The molecule has 272 valence electrons. The number of likely N-dealkylation sites (tertiary alicyclic amines) is 2. The standard InChI is InChI=1S/C36H53N3O9S/c1-22(7-10-29-23(2)13-28(25(4)47-29)37-31(41)12-9-24(3)46-26(5)40)8-11-30-34(44)36(21-45-36)15-27(48-30)14-32(42)38-17-35(18-38)19-39(20-35)33(43)16-49-6/h7-9,11-12,23-25,27-30,34,44H,10,13-21H2,1-6H3,(H,37,41)/b11-8+,12-9-,22-7+/t23-,24-,25+,27+,28+,29-,30+,34+,36+/m0/s1. The maximum absolute atomic E-state index is 13.1. The van der Waals surface area contributed by atoms with Crippen LogP contribution >= 0.6 is 11.8 Å². The van der Waals surface area contributed by atoms with Gasteiger partial charge in [0, 0.05) is 51.0 Å². The van der Waals surface area contributed by atoms with Crippen LogP contribution in [0.2, 0.25) is 0 Å². The predicted octanol–water partition coefficient (Wildman–Crippen LogP) is 2.40. The van der Waals surface area contributed by atoms with Gasteiger partial charge in [0.1, 0.15) is 23.9 Å². The second-order valence-electron chi connectivity index (χ2n) is 14.8. The maximum atomic E-state index is 13.1. The summed E-state index contributed by atoms with van der Waals surface area (Å²) >= 11 is 1.53. The Morgan fingerprint density at radius 3 is 2.37 bits per heavy atom. The van der Waals surface area contributed by atoms with Crippen LogP contribution in [-0.4, -0.2) is 132 Å². The molecule has 3 amide bonds. The minimum atomic E-state index is -0.815. The number of rotatable bonds is 12. The number of hydrogen-bond acceptors (Lipinski definition) is 10. The first-order valence-electron chi connectivity index (χ1n) is 17.4. The molecule has 0 saturated carbocycles. The van der Waals surface area contributed by atoms with Gasteiger partial charge in [0.05, 0.1) is 43.1 Å². The molecule has 2 N–H and O–H groups in total. The van der Waals surface area contributed by atoms with E-state index in [0.717, 1.165) is 25.1 Å². The minimum Gasteiger partial charge on any atom is -0.459 e. The fourth-order valence-corrected chi connectivity index (χ4v) is 7.93. The Labute approximate surface area is 294 Å². The summed E-state index contributed by atoms with van der Waals surface area (Å²) in [5.74, 6) is 0.258. The van der Waals surface area contributed by atoms with Crippen LogP contribution < -0.4 is 5.32 Å². The van der Waals surface area contributed by atoms with E-state index >= 15 is 0 Å². The van der Waals surface area contributed by atoms with E-state index in [9.17, 15) is 24.3 Å². The molecule has 0 aromatic carbocycles. The number of ether oxygens (including phenoxy) is 4. The summed E-state index contributed by atoms with van der Waals surface area (Å²) in [4.78, 5) is 52.5. The van der Waals surface area contributed by atoms with Gasteiger partial charge >= 0.3 is 5.97 Å². The van der Waals surface area contributed by atoms with Crippen LogP contribution in [0.5, 0.6) is 0 Å². The lowest BCUT2D eigenvalue weighted by atomic mass is 9.72. The maximum Gasteiger partial charge on any atom is 0.303 e. The molecule has 5 aliphatic rings. The molecule has 0 aliphatic carbocycles. The molecule has 2 spiro atoms. The number of thioether (sulfide) groups is 1. The molecule has 0 radical (unpaired) electrons. The number of aliphatic hydroxyl groups is 1. The molecule has 5 rings (SSSR count). The highest BCUT2D eigenvalue weighted by Gasteiger charge is 2.59. The Morgan fingerprint density at radius 1 is 1.06 bits per heavy atom. The molecule has 5 fully saturated rings. The summed E-state index contributed by atoms with van der Waals surface area (Å²) in [7, 11) is 0. The molecule has 0 aromatic heterocycles. The third-order valence-corrected chi connectivity index (χ3v) is 10.9. The minimum absolute atomic E-state index is 0.0134. The normalized spacial score (nSPS) is 34.5. The van der Waals surface area contributed by atoms with Crippen molar-refractivity contribution in [2.45, 2.75) is 109 Å². The van der Waals surface area contributed by atoms with E-state index in [0.29, 0.717) is 38.3 Å². The zero-order valence-electron chi connectivity index (χ0n) is 29.6. The Kier molecular flexibility index (Phi) is 12.0. The Balaban J connectivity index is 1.07. The van der Waals surface area contributed by atoms with Gasteiger partial charge in [-0.1, -0.05) is 30.7 Å². The smallest absolute Gasteiger partial charge is 0.303 e. The van der Waals surface area contributed by atoms with Gasteiger partial charge in [0.15, 0.2) is 0 Å². The summed E-state index contributed by atoms with van der Waals surface area (Å²) in [6.07, 6.45) is 10.5. The van der Waals surface area contributed by atoms with E-state index < -0.39 is 29.9 Å². The lowest BCUT2D eigenvalue weighted by Crippen LogP contribution is -2.74. The van der Waals surface area contributed by atoms with Gasteiger partial charge < -0.3 is 39.2 Å². The van der Waals surface area contributed by atoms with Gasteiger partial charge in [-0.25, -0.2) is 0 Å². The van der Waals surface area contributed by atoms with Crippen LogP contribution in [0.4, 0.5) is 0 Å². The quantitative estimate of drug-likeness (QED) is 0.135. The van der Waals surface area contributed by atoms with Crippen LogP contribution in [0.3, 0.4) is 0 Å². The van der Waals surface area contributed by atoms with Gasteiger partial charge in [-0.2, -0.15) is 11.8 Å². The Hall–Kier alpha value is -2.71. The van der Waals surface area contributed by atoms with E-state index in [1.165, 1.54) is 24.8 Å². The van der Waals surface area contributed by atoms with Gasteiger partial charge in [0.25, 0.3) is 0 Å². The first-order chi connectivity index (χ1) is 23.2. The highest BCUT2D eigenvalue weighted by atomic mass is 32.2. The van der Waals surface area contributed by atoms with Crippen molar-refractivity contribution in [2.75, 3.05) is 44.8 Å². The van der Waals surface area contributed by atoms with E-state index in [1.807, 2.05) is 42.1 Å². The number of carbonyl (C=O) groups is 4. The zero-order valence-corrected chi connectivity index (χ0v) is 30.4. The van der Waals surface area contributed by atoms with Crippen molar-refractivity contribution in [1.82, 2.24) is 15.1 Å². The predicted molar refractivity (Wildman–Crippen MR) is 184 cm³/mol. The molecule has 0 unspecified atom stereocenters. The summed E-state index contributed by atoms with van der Waals surface area (Å²) < 4.78 is 23.3. The number of carbonyl (C=O) groups excluding carboxylic acids is 4. The van der Waals surface area contributed by atoms with E-state index in [2.05, 4.69) is 18.3 Å². The highest BCUT2D eigenvalue weighted by molar-refractivity contribution is 7.99. The molecular weight excluding hydrogens is 650 g/mol. The third-order valence-electron chi connectivity index (χ3n) is 10.4. The van der Waals surface area contributed by atoms with Gasteiger partial charge in [-0.15, -0.1) is 0 Å². The average Bonchev–Trinajstić information content (AvgIpc) is 3.76. The van der Waals surface area contributed by atoms with Crippen molar-refractivity contribution in [1.29, 1.82) is 0 Å². The van der Waals surface area contributed by atoms with Crippen molar-refractivity contribution < 1.29 is 43.2 Å². The molecule has 0 bridgehead atoms. The SMILES string of the molecule is CSCC(=O)N1CC2(C1)CN(C(=O)C[C@@H]1C[C@@]3(CO3)[C@H](O)[C@@H](/C=C/C(C)=C/C[C@@H]3O[C@H](C)[C@H](NC(=O)/C=C\[C@H](C)OC(C)=O)C[C@@H]3C)O1)C2. The third kappa shape index (κ3) is 9.35. The lowest BCUT2D eigenvalue weighted by molar-refractivity contribution is -0.173. The van der Waals surface area contributed by atoms with Crippen molar-refractivity contribution in [2.24, 2.45) is 11.3 Å². The fraction of sp³-hybridized carbons (Fsp3) is 0.722. The molecule has 13 heteroatoms. The van der Waals surface area contributed by atoms with Crippen molar-refractivity contribution >= 4 is 35.5 Å². The summed E-state index contributed by atoms with van der Waals surface area (Å²) in [6, 6.07) is -0.134. The molecule has 5 aliphatic heterocycles. The van der Waals surface area contributed by atoms with Crippen molar-refractivity contribution in [3.63, 3.8) is 0 Å². The Bertz CT molecular complexity index is 1330. The molecule has 49 heavy (non-hydrogen) atoms. The molecule has 12 nitrogen and oxygen atoms in total. The van der Waals surface area contributed by atoms with Crippen LogP contribution in [0.15, 0.2) is 36.0 Å². The molecule has 9 atom stereocenters. The molecule has 0 aromatic rings. The monoisotopic (exact) mass is 703 g/mol. The lowest BCUT2D eigenvalue weighted by Gasteiger charge is -2.60. The molecular formula is C36H53N3O9S. The van der Waals surface area contributed by atoms with Gasteiger partial charge in [0.2, 0.25) is 17.7 Å². The average molecular weight is 704 g/mol. The number of nitrogens with zero attached hydrogens (tertiary/aromatic N) is 2. The van der Waals surface area contributed by atoms with Crippen molar-refractivity contribution in [3.8, 4) is 0 Å². The number of hydrogen-bond donors (Lipinski definition) is 2. The van der Waals surface area contributed by atoms with Crippen LogP contribution in [0, 0.1) is 11.3 Å². The highest BCUT2D eigenvalue weighted by Crippen LogP contribution is 2.45. The zero-order chi connectivity index (χ0) is 35.5. The Morgan fingerprint density at radius 2 is 1.73 bits per heavy atom. The number of aliphatic hydroxyl groups excluding tert-OH is 1. The first-order valence-corrected chi connectivity index (χ1v) is 18.8. The first kappa shape index (κ1) is 37.5. The number of epoxide rings is 1. The number of nitrogens with one attached hydrogen (secondary N) is 1. The molecule has 5 heterocycles. The van der Waals surface area contributed by atoms with Gasteiger partial charge in [-0.3, -0.25) is 19.2 Å². The number of esters is 1. The summed E-state index contributed by atoms with van der Waals surface area (Å²) in [5, 5.41) is 14.1. The van der Waals surface area contributed by atoms with E-state index in [-0.39, 0.29) is 59.8 Å². The van der Waals surface area contributed by atoms with E-state index in [1.54, 1.807) is 13.0 Å². The molecule has 5 saturated heterocycles. The summed E-state index contributed by atoms with van der Waals surface area (Å²) in [6.45, 7) is 12.3. The largest absolute Gasteiger partial charge is 0.459 e. The second-order valence-corrected chi connectivity index (χ2v) is 15.7. The second kappa shape index (κ2) is 15.7. The van der Waals surface area contributed by atoms with Crippen molar-refractivity contribution in [3.05, 3.63) is 36.0 Å². The topological polar surface area (TPSA) is 147 Å². The van der Waals surface area contributed by atoms with Crippen LogP contribution in [-0.2, 0) is 38.1 Å². The number of allylic oxidation sites excluding steroid dienone is 2. The van der Waals surface area contributed by atoms with E-state index in [4.69, 9.17) is 18.9 Å². The number of amides is 3.